The fourth-order valence-corrected chi connectivity index (χ4v) is 4.38. The molecule has 3 rings (SSSR count). The molecule has 25 heavy (non-hydrogen) atoms. The molecule has 0 aromatic carbocycles. The van der Waals surface area contributed by atoms with Crippen molar-refractivity contribution in [3.05, 3.63) is 0 Å². The van der Waals surface area contributed by atoms with E-state index < -0.39 is 5.92 Å². The van der Waals surface area contributed by atoms with E-state index >= 15 is 0 Å². The van der Waals surface area contributed by atoms with E-state index in [-0.39, 0.29) is 17.7 Å². The molecule has 0 aromatic rings. The van der Waals surface area contributed by atoms with Crippen molar-refractivity contribution in [1.29, 1.82) is 0 Å². The van der Waals surface area contributed by atoms with E-state index in [9.17, 15) is 9.59 Å². The maximum atomic E-state index is 12.6. The van der Waals surface area contributed by atoms with E-state index in [0.29, 0.717) is 6.04 Å². The molecular formula is C18H32N4O3. The van der Waals surface area contributed by atoms with Crippen molar-refractivity contribution in [2.24, 2.45) is 11.8 Å². The van der Waals surface area contributed by atoms with Crippen LogP contribution < -0.4 is 10.6 Å². The monoisotopic (exact) mass is 352 g/mol. The number of nitrogens with one attached hydrogen (secondary N) is 2. The van der Waals surface area contributed by atoms with E-state index in [2.05, 4.69) is 15.5 Å². The summed E-state index contributed by atoms with van der Waals surface area (Å²) in [6.07, 6.45) is 4.12. The summed E-state index contributed by atoms with van der Waals surface area (Å²) in [6.45, 7) is 8.76. The molecule has 0 radical (unpaired) electrons. The van der Waals surface area contributed by atoms with Crippen LogP contribution in [-0.4, -0.2) is 80.1 Å². The molecule has 0 spiro atoms. The number of piperidine rings is 2. The highest BCUT2D eigenvalue weighted by atomic mass is 16.7. The minimum atomic E-state index is -0.607. The molecule has 3 heterocycles. The average molecular weight is 352 g/mol. The van der Waals surface area contributed by atoms with Gasteiger partial charge in [0, 0.05) is 32.2 Å². The van der Waals surface area contributed by atoms with Crippen LogP contribution in [0.1, 0.15) is 32.6 Å². The quantitative estimate of drug-likeness (QED) is 0.676. The Labute approximate surface area is 150 Å². The van der Waals surface area contributed by atoms with E-state index in [1.807, 2.05) is 0 Å². The van der Waals surface area contributed by atoms with Crippen LogP contribution in [0.5, 0.6) is 0 Å². The molecule has 0 saturated carbocycles. The fraction of sp³-hybridized carbons (Fsp3) is 0.889. The number of Topliss-reactive ketones (excluding diaryl/α,β-unsaturated/α-hetero) is 1. The van der Waals surface area contributed by atoms with Gasteiger partial charge >= 0.3 is 5.97 Å². The molecule has 0 amide bonds. The van der Waals surface area contributed by atoms with Crippen LogP contribution in [0.4, 0.5) is 0 Å². The summed E-state index contributed by atoms with van der Waals surface area (Å²) in [5.41, 5.74) is 0. The van der Waals surface area contributed by atoms with Crippen molar-refractivity contribution in [3.63, 3.8) is 0 Å². The molecule has 1 unspecified atom stereocenters. The van der Waals surface area contributed by atoms with Crippen molar-refractivity contribution in [3.8, 4) is 0 Å². The van der Waals surface area contributed by atoms with Crippen molar-refractivity contribution < 1.29 is 14.4 Å². The van der Waals surface area contributed by atoms with Crippen LogP contribution in [0.25, 0.3) is 0 Å². The van der Waals surface area contributed by atoms with Crippen molar-refractivity contribution in [2.75, 3.05) is 52.4 Å². The molecule has 1 atom stereocenters. The molecule has 2 N–H and O–H groups in total. The number of rotatable bonds is 5. The standard InChI is InChI=1S/C18H32N4O3/c1-14(23)17(15-2-6-19-7-3-15)18(24)25-22-12-10-21(11-13-22)16-4-8-20-9-5-16/h15-17,19-20H,2-13H2,1H3. The lowest BCUT2D eigenvalue weighted by atomic mass is 9.82. The summed E-state index contributed by atoms with van der Waals surface area (Å²) in [6, 6.07) is 0.652. The highest BCUT2D eigenvalue weighted by Crippen LogP contribution is 2.25. The van der Waals surface area contributed by atoms with Gasteiger partial charge in [-0.05, 0) is 64.7 Å². The third kappa shape index (κ3) is 5.00. The molecule has 0 aliphatic carbocycles. The number of hydrogen-bond donors (Lipinski definition) is 2. The third-order valence-corrected chi connectivity index (χ3v) is 5.86. The summed E-state index contributed by atoms with van der Waals surface area (Å²) in [7, 11) is 0. The van der Waals surface area contributed by atoms with Gasteiger partial charge in [-0.1, -0.05) is 0 Å². The van der Waals surface area contributed by atoms with E-state index in [4.69, 9.17) is 4.84 Å². The molecule has 7 nitrogen and oxygen atoms in total. The van der Waals surface area contributed by atoms with Gasteiger partial charge in [-0.3, -0.25) is 9.69 Å². The topological polar surface area (TPSA) is 73.9 Å². The highest BCUT2D eigenvalue weighted by Gasteiger charge is 2.36. The smallest absolute Gasteiger partial charge is 0.335 e. The fourth-order valence-electron chi connectivity index (χ4n) is 4.38. The predicted octanol–water partition coefficient (Wildman–Crippen LogP) is 0.0190. The Hall–Kier alpha value is -1.02. The third-order valence-electron chi connectivity index (χ3n) is 5.86. The number of carbonyl (C=O) groups is 2. The zero-order valence-electron chi connectivity index (χ0n) is 15.3. The van der Waals surface area contributed by atoms with Crippen LogP contribution in [0.2, 0.25) is 0 Å². The van der Waals surface area contributed by atoms with E-state index in [1.54, 1.807) is 5.06 Å². The second kappa shape index (κ2) is 9.07. The first-order chi connectivity index (χ1) is 12.1. The Kier molecular flexibility index (Phi) is 6.81. The van der Waals surface area contributed by atoms with Gasteiger partial charge < -0.3 is 15.5 Å². The Balaban J connectivity index is 1.48. The van der Waals surface area contributed by atoms with Crippen LogP contribution in [0.3, 0.4) is 0 Å². The summed E-state index contributed by atoms with van der Waals surface area (Å²) < 4.78 is 0. The SMILES string of the molecule is CC(=O)C(C(=O)ON1CCN(C2CCNCC2)CC1)C1CCNCC1. The van der Waals surface area contributed by atoms with Crippen molar-refractivity contribution in [2.45, 2.75) is 38.6 Å². The first-order valence-corrected chi connectivity index (χ1v) is 9.78. The number of hydrogen-bond acceptors (Lipinski definition) is 7. The molecule has 142 valence electrons. The van der Waals surface area contributed by atoms with E-state index in [0.717, 1.165) is 65.2 Å². The number of carbonyl (C=O) groups excluding carboxylic acids is 2. The summed E-state index contributed by atoms with van der Waals surface area (Å²) in [4.78, 5) is 32.8. The lowest BCUT2D eigenvalue weighted by molar-refractivity contribution is -0.205. The molecular weight excluding hydrogens is 320 g/mol. The van der Waals surface area contributed by atoms with Gasteiger partial charge in [-0.15, -0.1) is 5.06 Å². The van der Waals surface area contributed by atoms with Gasteiger partial charge in [-0.2, -0.15) is 0 Å². The van der Waals surface area contributed by atoms with Crippen LogP contribution >= 0.6 is 0 Å². The largest absolute Gasteiger partial charge is 0.367 e. The number of piperazine rings is 1. The first kappa shape index (κ1) is 18.8. The second-order valence-corrected chi connectivity index (χ2v) is 7.53. The van der Waals surface area contributed by atoms with Gasteiger partial charge in [0.1, 0.15) is 11.7 Å². The number of ketones is 1. The maximum absolute atomic E-state index is 12.6. The average Bonchev–Trinajstić information content (AvgIpc) is 2.64. The van der Waals surface area contributed by atoms with Crippen molar-refractivity contribution >= 4 is 11.8 Å². The molecule has 0 bridgehead atoms. The van der Waals surface area contributed by atoms with Crippen LogP contribution in [-0.2, 0) is 14.4 Å². The highest BCUT2D eigenvalue weighted by molar-refractivity contribution is 5.98. The zero-order chi connectivity index (χ0) is 17.6. The number of hydroxylamine groups is 2. The van der Waals surface area contributed by atoms with Gasteiger partial charge in [0.2, 0.25) is 0 Å². The predicted molar refractivity (Wildman–Crippen MR) is 94.9 cm³/mol. The van der Waals surface area contributed by atoms with Crippen molar-refractivity contribution in [1.82, 2.24) is 20.6 Å². The molecule has 7 heteroatoms. The minimum Gasteiger partial charge on any atom is -0.367 e. The van der Waals surface area contributed by atoms with Gasteiger partial charge in [0.05, 0.1) is 0 Å². The summed E-state index contributed by atoms with van der Waals surface area (Å²) in [5.74, 6) is -0.910. The molecule has 3 aliphatic heterocycles. The van der Waals surface area contributed by atoms with Crippen LogP contribution in [0, 0.1) is 11.8 Å². The molecule has 3 saturated heterocycles. The lowest BCUT2D eigenvalue weighted by Crippen LogP contribution is -2.53. The van der Waals surface area contributed by atoms with E-state index in [1.165, 1.54) is 19.8 Å². The molecule has 3 aliphatic rings. The normalized spacial score (nSPS) is 26.3. The second-order valence-electron chi connectivity index (χ2n) is 7.53. The lowest BCUT2D eigenvalue weighted by Gasteiger charge is -2.40. The minimum absolute atomic E-state index is 0.0646. The summed E-state index contributed by atoms with van der Waals surface area (Å²) in [5, 5.41) is 8.44. The Morgan fingerprint density at radius 2 is 1.48 bits per heavy atom. The Morgan fingerprint density at radius 3 is 2.04 bits per heavy atom. The number of nitrogens with zero attached hydrogens (tertiary/aromatic N) is 2. The summed E-state index contributed by atoms with van der Waals surface area (Å²) >= 11 is 0. The van der Waals surface area contributed by atoms with Gasteiger partial charge in [-0.25, -0.2) is 4.79 Å². The first-order valence-electron chi connectivity index (χ1n) is 9.78. The molecule has 0 aromatic heterocycles. The van der Waals surface area contributed by atoms with Crippen LogP contribution in [0.15, 0.2) is 0 Å². The van der Waals surface area contributed by atoms with Gasteiger partial charge in [0.25, 0.3) is 0 Å². The Morgan fingerprint density at radius 1 is 0.920 bits per heavy atom. The Bertz CT molecular complexity index is 453. The van der Waals surface area contributed by atoms with Gasteiger partial charge in [0.15, 0.2) is 0 Å². The maximum Gasteiger partial charge on any atom is 0.335 e. The molecule has 3 fully saturated rings. The zero-order valence-corrected chi connectivity index (χ0v) is 15.3.